The largest absolute Gasteiger partial charge is 0.462 e. The molecule has 150 valence electrons. The number of carbonyl (C=O) groups is 2. The predicted molar refractivity (Wildman–Crippen MR) is 108 cm³/mol. The van der Waals surface area contributed by atoms with Crippen LogP contribution in [0.25, 0.3) is 0 Å². The van der Waals surface area contributed by atoms with Crippen LogP contribution in [0.3, 0.4) is 0 Å². The molecule has 0 aromatic carbocycles. The number of nitrogens with one attached hydrogen (secondary N) is 2. The Balaban J connectivity index is 1.55. The normalized spacial score (nSPS) is 14.7. The van der Waals surface area contributed by atoms with Crippen LogP contribution in [0.1, 0.15) is 29.1 Å². The number of esters is 1. The van der Waals surface area contributed by atoms with E-state index in [-0.39, 0.29) is 5.91 Å². The summed E-state index contributed by atoms with van der Waals surface area (Å²) in [4.78, 5) is 37.6. The van der Waals surface area contributed by atoms with Gasteiger partial charge in [-0.2, -0.15) is 0 Å². The molecular weight excluding hydrogens is 378 g/mol. The molecule has 0 saturated carbocycles. The molecule has 2 N–H and O–H groups in total. The third-order valence-electron chi connectivity index (χ3n) is 4.60. The van der Waals surface area contributed by atoms with Crippen molar-refractivity contribution in [2.24, 2.45) is 0 Å². The second-order valence-electron chi connectivity index (χ2n) is 6.54. The maximum Gasteiger partial charge on any atom is 0.341 e. The average Bonchev–Trinajstić information content (AvgIpc) is 3.12. The van der Waals surface area contributed by atoms with Crippen LogP contribution in [0.15, 0.2) is 24.5 Å². The van der Waals surface area contributed by atoms with E-state index >= 15 is 0 Å². The van der Waals surface area contributed by atoms with Gasteiger partial charge in [-0.05, 0) is 25.5 Å². The molecule has 1 aliphatic heterocycles. The molecule has 2 aromatic rings. The van der Waals surface area contributed by atoms with E-state index in [1.165, 1.54) is 16.2 Å². The second-order valence-corrected chi connectivity index (χ2v) is 7.68. The van der Waals surface area contributed by atoms with E-state index in [2.05, 4.69) is 20.2 Å². The molecule has 0 spiro atoms. The van der Waals surface area contributed by atoms with Crippen molar-refractivity contribution >= 4 is 34.2 Å². The molecule has 0 aliphatic carbocycles. The Labute approximate surface area is 168 Å². The van der Waals surface area contributed by atoms with Crippen molar-refractivity contribution in [1.82, 2.24) is 9.97 Å². The number of nitrogens with zero attached hydrogens (tertiary/aromatic N) is 3. The fourth-order valence-electron chi connectivity index (χ4n) is 3.12. The summed E-state index contributed by atoms with van der Waals surface area (Å²) in [7, 11) is 0. The van der Waals surface area contributed by atoms with Crippen molar-refractivity contribution in [1.29, 1.82) is 0 Å². The van der Waals surface area contributed by atoms with Crippen LogP contribution in [0.5, 0.6) is 0 Å². The van der Waals surface area contributed by atoms with E-state index in [0.29, 0.717) is 23.7 Å². The van der Waals surface area contributed by atoms with Crippen molar-refractivity contribution in [2.45, 2.75) is 20.3 Å². The van der Waals surface area contributed by atoms with Crippen LogP contribution in [0.4, 0.5) is 10.9 Å². The molecule has 28 heavy (non-hydrogen) atoms. The monoisotopic (exact) mass is 404 g/mol. The Morgan fingerprint density at radius 1 is 1.25 bits per heavy atom. The molecule has 1 amide bonds. The minimum absolute atomic E-state index is 0.0885. The number of piperazine rings is 1. The summed E-state index contributed by atoms with van der Waals surface area (Å²) in [5.41, 5.74) is 0.443. The SMILES string of the molecule is CCOC(=O)c1cc(CC)sc1NC(=O)C[NH+]1CCN(c2ncccn2)CC1. The molecule has 0 atom stereocenters. The number of aromatic nitrogens is 2. The number of hydrogen-bond acceptors (Lipinski definition) is 7. The van der Waals surface area contributed by atoms with Gasteiger partial charge in [-0.3, -0.25) is 4.79 Å². The fraction of sp³-hybridized carbons (Fsp3) is 0.474. The summed E-state index contributed by atoms with van der Waals surface area (Å²) in [5, 5.41) is 3.49. The Morgan fingerprint density at radius 2 is 1.96 bits per heavy atom. The average molecular weight is 405 g/mol. The van der Waals surface area contributed by atoms with Gasteiger partial charge in [0.15, 0.2) is 6.54 Å². The minimum Gasteiger partial charge on any atom is -0.462 e. The number of ether oxygens (including phenoxy) is 1. The van der Waals surface area contributed by atoms with Crippen LogP contribution < -0.4 is 15.1 Å². The molecule has 9 heteroatoms. The van der Waals surface area contributed by atoms with Crippen molar-refractivity contribution in [2.75, 3.05) is 49.5 Å². The highest BCUT2D eigenvalue weighted by molar-refractivity contribution is 7.16. The van der Waals surface area contributed by atoms with Gasteiger partial charge >= 0.3 is 5.97 Å². The van der Waals surface area contributed by atoms with Crippen molar-refractivity contribution in [3.63, 3.8) is 0 Å². The molecule has 3 rings (SSSR count). The van der Waals surface area contributed by atoms with Gasteiger partial charge in [0, 0.05) is 17.3 Å². The van der Waals surface area contributed by atoms with Crippen LogP contribution in [0.2, 0.25) is 0 Å². The van der Waals surface area contributed by atoms with E-state index in [4.69, 9.17) is 4.74 Å². The summed E-state index contributed by atoms with van der Waals surface area (Å²) < 4.78 is 5.11. The number of anilines is 2. The second kappa shape index (κ2) is 9.61. The van der Waals surface area contributed by atoms with Gasteiger partial charge in [-0.15, -0.1) is 11.3 Å². The number of amides is 1. The highest BCUT2D eigenvalue weighted by Crippen LogP contribution is 2.29. The van der Waals surface area contributed by atoms with Gasteiger partial charge in [0.2, 0.25) is 5.95 Å². The van der Waals surface area contributed by atoms with Gasteiger partial charge in [-0.1, -0.05) is 6.92 Å². The smallest absolute Gasteiger partial charge is 0.341 e. The van der Waals surface area contributed by atoms with Gasteiger partial charge < -0.3 is 19.9 Å². The fourth-order valence-corrected chi connectivity index (χ4v) is 4.12. The zero-order chi connectivity index (χ0) is 19.9. The van der Waals surface area contributed by atoms with Crippen LogP contribution in [-0.2, 0) is 16.0 Å². The first-order valence-electron chi connectivity index (χ1n) is 9.55. The topological polar surface area (TPSA) is 88.9 Å². The number of quaternary nitrogens is 1. The lowest BCUT2D eigenvalue weighted by Crippen LogP contribution is -3.15. The van der Waals surface area contributed by atoms with E-state index in [0.717, 1.165) is 43.4 Å². The zero-order valence-corrected chi connectivity index (χ0v) is 17.1. The van der Waals surface area contributed by atoms with Gasteiger partial charge in [0.25, 0.3) is 5.91 Å². The van der Waals surface area contributed by atoms with Gasteiger partial charge in [0.05, 0.1) is 38.3 Å². The number of carbonyl (C=O) groups excluding carboxylic acids is 2. The molecule has 0 unspecified atom stereocenters. The predicted octanol–water partition coefficient (Wildman–Crippen LogP) is 0.621. The first-order chi connectivity index (χ1) is 13.6. The zero-order valence-electron chi connectivity index (χ0n) is 16.2. The van der Waals surface area contributed by atoms with Crippen molar-refractivity contribution in [3.8, 4) is 0 Å². The Kier molecular flexibility index (Phi) is 6.94. The third-order valence-corrected chi connectivity index (χ3v) is 5.79. The molecular formula is C19H26N5O3S+. The summed E-state index contributed by atoms with van der Waals surface area (Å²) in [6, 6.07) is 3.61. The molecule has 1 aliphatic rings. The lowest BCUT2D eigenvalue weighted by molar-refractivity contribution is -0.892. The molecule has 1 saturated heterocycles. The van der Waals surface area contributed by atoms with E-state index in [1.807, 2.05) is 13.0 Å². The summed E-state index contributed by atoms with van der Waals surface area (Å²) in [5.74, 6) is 0.253. The lowest BCUT2D eigenvalue weighted by Gasteiger charge is -2.31. The first-order valence-corrected chi connectivity index (χ1v) is 10.4. The molecule has 2 aromatic heterocycles. The van der Waals surface area contributed by atoms with Crippen molar-refractivity contribution in [3.05, 3.63) is 35.0 Å². The van der Waals surface area contributed by atoms with Gasteiger partial charge in [0.1, 0.15) is 5.00 Å². The maximum absolute atomic E-state index is 12.5. The molecule has 1 fully saturated rings. The highest BCUT2D eigenvalue weighted by atomic mass is 32.1. The van der Waals surface area contributed by atoms with Crippen molar-refractivity contribution < 1.29 is 19.2 Å². The quantitative estimate of drug-likeness (QED) is 0.658. The molecule has 0 radical (unpaired) electrons. The Bertz CT molecular complexity index is 803. The van der Waals surface area contributed by atoms with Gasteiger partial charge in [-0.25, -0.2) is 14.8 Å². The minimum atomic E-state index is -0.391. The number of hydrogen-bond donors (Lipinski definition) is 2. The standard InChI is InChI=1S/C19H25N5O3S/c1-3-14-12-15(18(26)27-4-2)17(28-14)22-16(25)13-23-8-10-24(11-9-23)19-20-6-5-7-21-19/h5-7,12H,3-4,8-11,13H2,1-2H3,(H,22,25)/p+1. The number of rotatable bonds is 7. The molecule has 0 bridgehead atoms. The number of thiophene rings is 1. The molecule has 3 heterocycles. The third kappa shape index (κ3) is 5.05. The Hall–Kier alpha value is -2.52. The first kappa shape index (κ1) is 20.2. The highest BCUT2D eigenvalue weighted by Gasteiger charge is 2.25. The lowest BCUT2D eigenvalue weighted by atomic mass is 10.2. The summed E-state index contributed by atoms with van der Waals surface area (Å²) >= 11 is 1.43. The Morgan fingerprint density at radius 3 is 2.61 bits per heavy atom. The summed E-state index contributed by atoms with van der Waals surface area (Å²) in [6.07, 6.45) is 4.28. The summed E-state index contributed by atoms with van der Waals surface area (Å²) in [6.45, 7) is 7.74. The van der Waals surface area contributed by atoms with Crippen LogP contribution >= 0.6 is 11.3 Å². The molecule has 8 nitrogen and oxygen atoms in total. The van der Waals surface area contributed by atoms with Crippen LogP contribution in [0, 0.1) is 0 Å². The maximum atomic E-state index is 12.5. The van der Waals surface area contributed by atoms with Crippen LogP contribution in [-0.4, -0.2) is 61.2 Å². The van der Waals surface area contributed by atoms with E-state index < -0.39 is 5.97 Å². The number of aryl methyl sites for hydroxylation is 1. The van der Waals surface area contributed by atoms with E-state index in [1.54, 1.807) is 25.4 Å². The van der Waals surface area contributed by atoms with E-state index in [9.17, 15) is 9.59 Å².